The lowest BCUT2D eigenvalue weighted by Gasteiger charge is -2.01. The average molecular weight is 238 g/mol. The van der Waals surface area contributed by atoms with Crippen molar-refractivity contribution >= 4 is 17.4 Å². The number of carbonyl (C=O) groups excluding carboxylic acids is 1. The number of aliphatic hydroxyl groups excluding tert-OH is 1. The summed E-state index contributed by atoms with van der Waals surface area (Å²) >= 11 is 5.72. The van der Waals surface area contributed by atoms with Gasteiger partial charge in [0, 0.05) is 10.6 Å². The van der Waals surface area contributed by atoms with E-state index in [0.717, 1.165) is 4.68 Å². The first-order valence-electron chi connectivity index (χ1n) is 4.51. The van der Waals surface area contributed by atoms with Gasteiger partial charge in [0.1, 0.15) is 13.1 Å². The fourth-order valence-electron chi connectivity index (χ4n) is 1.27. The summed E-state index contributed by atoms with van der Waals surface area (Å²) in [6.07, 6.45) is 1.22. The summed E-state index contributed by atoms with van der Waals surface area (Å²) in [5.74, 6) is -0.201. The first-order chi connectivity index (χ1) is 7.72. The molecule has 0 fully saturated rings. The predicted molar refractivity (Wildman–Crippen MR) is 57.1 cm³/mol. The van der Waals surface area contributed by atoms with Crippen LogP contribution in [0.15, 0.2) is 30.6 Å². The minimum absolute atomic E-state index is 0.102. The molecule has 0 atom stereocenters. The zero-order valence-corrected chi connectivity index (χ0v) is 8.92. The molecule has 1 aromatic carbocycles. The van der Waals surface area contributed by atoms with Crippen LogP contribution >= 0.6 is 11.6 Å². The van der Waals surface area contributed by atoms with Gasteiger partial charge in [-0.15, -0.1) is 0 Å². The summed E-state index contributed by atoms with van der Waals surface area (Å²) in [6, 6.07) is 6.44. The second-order valence-electron chi connectivity index (χ2n) is 3.06. The second kappa shape index (κ2) is 4.42. The van der Waals surface area contributed by atoms with E-state index in [1.807, 2.05) is 0 Å². The van der Waals surface area contributed by atoms with Crippen LogP contribution in [0.2, 0.25) is 5.02 Å². The van der Waals surface area contributed by atoms with Crippen molar-refractivity contribution < 1.29 is 9.90 Å². The number of ketones is 1. The van der Waals surface area contributed by atoms with E-state index < -0.39 is 0 Å². The third-order valence-electron chi connectivity index (χ3n) is 2.06. The van der Waals surface area contributed by atoms with Crippen LogP contribution in [0.3, 0.4) is 0 Å². The molecule has 0 aliphatic rings. The molecule has 0 unspecified atom stereocenters. The van der Waals surface area contributed by atoms with Crippen LogP contribution < -0.4 is 0 Å². The Morgan fingerprint density at radius 1 is 1.38 bits per heavy atom. The maximum Gasteiger partial charge on any atom is 0.230 e. The lowest BCUT2D eigenvalue weighted by molar-refractivity contribution is 0.100. The highest BCUT2D eigenvalue weighted by atomic mass is 35.5. The number of rotatable bonds is 3. The Kier molecular flexibility index (Phi) is 2.98. The van der Waals surface area contributed by atoms with Gasteiger partial charge in [0.2, 0.25) is 11.6 Å². The van der Waals surface area contributed by atoms with Gasteiger partial charge < -0.3 is 5.11 Å². The maximum atomic E-state index is 11.9. The van der Waals surface area contributed by atoms with Crippen molar-refractivity contribution in [1.29, 1.82) is 0 Å². The monoisotopic (exact) mass is 237 g/mol. The Bertz CT molecular complexity index is 507. The van der Waals surface area contributed by atoms with Crippen molar-refractivity contribution in [3.05, 3.63) is 47.0 Å². The summed E-state index contributed by atoms with van der Waals surface area (Å²) in [5.41, 5.74) is 0.451. The first-order valence-corrected chi connectivity index (χ1v) is 4.89. The Morgan fingerprint density at radius 3 is 2.69 bits per heavy atom. The van der Waals surface area contributed by atoms with E-state index in [9.17, 15) is 4.79 Å². The molecule has 0 saturated carbocycles. The zero-order chi connectivity index (χ0) is 11.5. The molecule has 0 bridgehead atoms. The molecule has 0 aliphatic carbocycles. The average Bonchev–Trinajstić information content (AvgIpc) is 2.77. The third-order valence-corrected chi connectivity index (χ3v) is 2.31. The van der Waals surface area contributed by atoms with Gasteiger partial charge in [-0.1, -0.05) is 11.6 Å². The van der Waals surface area contributed by atoms with Crippen molar-refractivity contribution in [2.45, 2.75) is 6.73 Å². The number of aromatic nitrogens is 3. The molecule has 2 aromatic rings. The van der Waals surface area contributed by atoms with Gasteiger partial charge >= 0.3 is 0 Å². The molecule has 1 aromatic heterocycles. The zero-order valence-electron chi connectivity index (χ0n) is 8.17. The van der Waals surface area contributed by atoms with Crippen molar-refractivity contribution in [3.63, 3.8) is 0 Å². The molecule has 1 heterocycles. The number of benzene rings is 1. The lowest BCUT2D eigenvalue weighted by atomic mass is 10.1. The predicted octanol–water partition coefficient (Wildman–Crippen LogP) is 1.11. The molecule has 1 N–H and O–H groups in total. The summed E-state index contributed by atoms with van der Waals surface area (Å²) < 4.78 is 1.12. The van der Waals surface area contributed by atoms with Crippen molar-refractivity contribution in [2.75, 3.05) is 0 Å². The van der Waals surface area contributed by atoms with Crippen molar-refractivity contribution in [1.82, 2.24) is 14.8 Å². The highest BCUT2D eigenvalue weighted by Gasteiger charge is 2.15. The van der Waals surface area contributed by atoms with E-state index in [1.54, 1.807) is 24.3 Å². The molecule has 0 radical (unpaired) electrons. The van der Waals surface area contributed by atoms with Crippen LogP contribution in [0.5, 0.6) is 0 Å². The minimum Gasteiger partial charge on any atom is -0.374 e. The van der Waals surface area contributed by atoms with Crippen LogP contribution in [0, 0.1) is 0 Å². The number of hydrogen-bond donors (Lipinski definition) is 1. The molecule has 5 nitrogen and oxygen atoms in total. The van der Waals surface area contributed by atoms with E-state index in [4.69, 9.17) is 16.7 Å². The maximum absolute atomic E-state index is 11.9. The van der Waals surface area contributed by atoms with E-state index in [-0.39, 0.29) is 18.3 Å². The molecule has 16 heavy (non-hydrogen) atoms. The van der Waals surface area contributed by atoms with Gasteiger partial charge in [0.05, 0.1) is 0 Å². The third kappa shape index (κ3) is 1.95. The molecular weight excluding hydrogens is 230 g/mol. The quantitative estimate of drug-likeness (QED) is 0.812. The van der Waals surface area contributed by atoms with Crippen molar-refractivity contribution in [2.24, 2.45) is 0 Å². The fraction of sp³-hybridized carbons (Fsp3) is 0.100. The van der Waals surface area contributed by atoms with Gasteiger partial charge in [-0.2, -0.15) is 5.10 Å². The SMILES string of the molecule is O=C(c1ccc(Cl)cc1)c1ncnn1CO. The Hall–Kier alpha value is -1.72. The Balaban J connectivity index is 2.35. The van der Waals surface area contributed by atoms with Crippen LogP contribution in [-0.2, 0) is 6.73 Å². The number of hydrogen-bond acceptors (Lipinski definition) is 4. The summed E-state index contributed by atoms with van der Waals surface area (Å²) in [5, 5.41) is 13.2. The fourth-order valence-corrected chi connectivity index (χ4v) is 1.40. The molecule has 0 amide bonds. The standard InChI is InChI=1S/C10H8ClN3O2/c11-8-3-1-7(2-4-8)9(16)10-12-5-13-14(10)6-15/h1-5,15H,6H2. The molecule has 2 rings (SSSR count). The van der Waals surface area contributed by atoms with E-state index in [2.05, 4.69) is 10.1 Å². The van der Waals surface area contributed by atoms with Gasteiger partial charge in [-0.25, -0.2) is 9.67 Å². The second-order valence-corrected chi connectivity index (χ2v) is 3.50. The topological polar surface area (TPSA) is 68.0 Å². The molecule has 0 spiro atoms. The smallest absolute Gasteiger partial charge is 0.230 e. The number of halogens is 1. The number of aliphatic hydroxyl groups is 1. The lowest BCUT2D eigenvalue weighted by Crippen LogP contribution is -2.12. The van der Waals surface area contributed by atoms with E-state index >= 15 is 0 Å². The summed E-state index contributed by atoms with van der Waals surface area (Å²) in [4.78, 5) is 15.7. The van der Waals surface area contributed by atoms with Gasteiger partial charge in [0.25, 0.3) is 0 Å². The van der Waals surface area contributed by atoms with E-state index in [0.29, 0.717) is 10.6 Å². The van der Waals surface area contributed by atoms with Crippen LogP contribution in [0.25, 0.3) is 0 Å². The van der Waals surface area contributed by atoms with Crippen molar-refractivity contribution in [3.8, 4) is 0 Å². The normalized spacial score (nSPS) is 10.4. The van der Waals surface area contributed by atoms with Gasteiger partial charge in [-0.05, 0) is 24.3 Å². The molecule has 82 valence electrons. The molecule has 6 heteroatoms. The Morgan fingerprint density at radius 2 is 2.06 bits per heavy atom. The summed E-state index contributed by atoms with van der Waals surface area (Å²) in [7, 11) is 0. The number of nitrogens with zero attached hydrogens (tertiary/aromatic N) is 3. The Labute approximate surface area is 96.3 Å². The molecule has 0 saturated heterocycles. The van der Waals surface area contributed by atoms with Crippen LogP contribution in [0.1, 0.15) is 16.2 Å². The minimum atomic E-state index is -0.380. The van der Waals surface area contributed by atoms with Gasteiger partial charge in [0.15, 0.2) is 0 Å². The highest BCUT2D eigenvalue weighted by Crippen LogP contribution is 2.12. The van der Waals surface area contributed by atoms with Gasteiger partial charge in [-0.3, -0.25) is 4.79 Å². The van der Waals surface area contributed by atoms with Crippen LogP contribution in [-0.4, -0.2) is 25.7 Å². The first kappa shape index (κ1) is 10.8. The summed E-state index contributed by atoms with van der Waals surface area (Å²) in [6.45, 7) is -0.380. The van der Waals surface area contributed by atoms with Crippen LogP contribution in [0.4, 0.5) is 0 Å². The molecule has 0 aliphatic heterocycles. The largest absolute Gasteiger partial charge is 0.374 e. The molecular formula is C10H8ClN3O2. The number of carbonyl (C=O) groups is 1. The highest BCUT2D eigenvalue weighted by molar-refractivity contribution is 6.30. The van der Waals surface area contributed by atoms with E-state index in [1.165, 1.54) is 6.33 Å².